The van der Waals surface area contributed by atoms with Crippen molar-refractivity contribution in [2.24, 2.45) is 0 Å². The molecule has 0 spiro atoms. The Labute approximate surface area is 82.3 Å². The number of nitrogens with zero attached hydrogens (tertiary/aromatic N) is 1. The van der Waals surface area contributed by atoms with Gasteiger partial charge in [0, 0.05) is 18.3 Å². The zero-order valence-electron chi connectivity index (χ0n) is 8.08. The molecule has 0 amide bonds. The van der Waals surface area contributed by atoms with E-state index < -0.39 is 0 Å². The summed E-state index contributed by atoms with van der Waals surface area (Å²) in [5, 5.41) is 7.00. The van der Waals surface area contributed by atoms with E-state index in [-0.39, 0.29) is 0 Å². The summed E-state index contributed by atoms with van der Waals surface area (Å²) in [5.41, 5.74) is 2.12. The van der Waals surface area contributed by atoms with E-state index in [9.17, 15) is 0 Å². The summed E-state index contributed by atoms with van der Waals surface area (Å²) in [5.74, 6) is 0.900. The van der Waals surface area contributed by atoms with Gasteiger partial charge in [0.1, 0.15) is 0 Å². The third-order valence-corrected chi connectivity index (χ3v) is 2.10. The molecule has 74 valence electrons. The van der Waals surface area contributed by atoms with Gasteiger partial charge in [0.15, 0.2) is 5.76 Å². The lowest BCUT2D eigenvalue weighted by molar-refractivity contribution is 0.387. The molecule has 0 aliphatic carbocycles. The Hall–Kier alpha value is -1.71. The van der Waals surface area contributed by atoms with E-state index in [1.165, 1.54) is 0 Å². The van der Waals surface area contributed by atoms with Crippen molar-refractivity contribution in [1.82, 2.24) is 10.1 Å². The van der Waals surface area contributed by atoms with Crippen molar-refractivity contribution in [3.63, 3.8) is 0 Å². The molecule has 0 fully saturated rings. The van der Waals surface area contributed by atoms with Gasteiger partial charge < -0.3 is 14.8 Å². The average molecular weight is 191 g/mol. The highest BCUT2D eigenvalue weighted by Crippen LogP contribution is 2.15. The van der Waals surface area contributed by atoms with Crippen LogP contribution in [0, 0.1) is 0 Å². The normalized spacial score (nSPS) is 10.4. The molecular formula is C10H13N3O. The highest BCUT2D eigenvalue weighted by molar-refractivity contribution is 5.44. The molecule has 4 nitrogen and oxygen atoms in total. The number of aryl methyl sites for hydroxylation is 1. The van der Waals surface area contributed by atoms with Crippen molar-refractivity contribution in [3.05, 3.63) is 36.0 Å². The molecule has 2 rings (SSSR count). The van der Waals surface area contributed by atoms with Crippen molar-refractivity contribution in [2.75, 3.05) is 5.32 Å². The summed E-state index contributed by atoms with van der Waals surface area (Å²) in [6, 6.07) is 4.01. The number of rotatable bonds is 4. The predicted molar refractivity (Wildman–Crippen MR) is 54.0 cm³/mol. The molecule has 0 bridgehead atoms. The van der Waals surface area contributed by atoms with Gasteiger partial charge in [-0.1, -0.05) is 12.1 Å². The number of aromatic nitrogens is 2. The minimum Gasteiger partial charge on any atom is -0.375 e. The molecule has 0 radical (unpaired) electrons. The second kappa shape index (κ2) is 4.00. The summed E-state index contributed by atoms with van der Waals surface area (Å²) in [6.07, 6.45) is 4.47. The highest BCUT2D eigenvalue weighted by Gasteiger charge is 2.04. The van der Waals surface area contributed by atoms with E-state index in [1.54, 1.807) is 6.20 Å². The highest BCUT2D eigenvalue weighted by atomic mass is 16.5. The summed E-state index contributed by atoms with van der Waals surface area (Å²) in [7, 11) is 0. The number of nitrogens with one attached hydrogen (secondary N) is 2. The van der Waals surface area contributed by atoms with Crippen molar-refractivity contribution in [2.45, 2.75) is 19.9 Å². The molecule has 4 heteroatoms. The van der Waals surface area contributed by atoms with Crippen LogP contribution in [0.3, 0.4) is 0 Å². The third kappa shape index (κ3) is 1.79. The molecule has 0 saturated heterocycles. The lowest BCUT2D eigenvalue weighted by Gasteiger charge is -2.02. The molecule has 14 heavy (non-hydrogen) atoms. The Morgan fingerprint density at radius 3 is 3.21 bits per heavy atom. The maximum Gasteiger partial charge on any atom is 0.159 e. The Kier molecular flexibility index (Phi) is 2.53. The minimum absolute atomic E-state index is 0.765. The van der Waals surface area contributed by atoms with E-state index in [0.717, 1.165) is 30.1 Å². The molecule has 0 aliphatic heterocycles. The van der Waals surface area contributed by atoms with Crippen LogP contribution in [0.5, 0.6) is 0 Å². The summed E-state index contributed by atoms with van der Waals surface area (Å²) >= 11 is 0. The maximum atomic E-state index is 5.06. The van der Waals surface area contributed by atoms with Gasteiger partial charge in [0.05, 0.1) is 18.4 Å². The number of aromatic amines is 1. The lowest BCUT2D eigenvalue weighted by Crippen LogP contribution is -2.00. The minimum atomic E-state index is 0.765. The standard InChI is InChI=1S/C10H13N3O/c1-2-10-9(7-13-14-10)12-6-8-4-3-5-11-8/h3-5,7,11-12H,2,6H2,1H3. The summed E-state index contributed by atoms with van der Waals surface area (Å²) in [6.45, 7) is 2.81. The van der Waals surface area contributed by atoms with Crippen LogP contribution in [0.15, 0.2) is 29.0 Å². The van der Waals surface area contributed by atoms with E-state index >= 15 is 0 Å². The number of hydrogen-bond donors (Lipinski definition) is 2. The average Bonchev–Trinajstić information content (AvgIpc) is 2.85. The smallest absolute Gasteiger partial charge is 0.159 e. The molecule has 2 aromatic heterocycles. The van der Waals surface area contributed by atoms with Gasteiger partial charge in [-0.15, -0.1) is 0 Å². The molecule has 0 saturated carbocycles. The van der Waals surface area contributed by atoms with E-state index in [2.05, 4.69) is 15.5 Å². The zero-order valence-corrected chi connectivity index (χ0v) is 8.08. The van der Waals surface area contributed by atoms with Crippen molar-refractivity contribution in [1.29, 1.82) is 0 Å². The monoisotopic (exact) mass is 191 g/mol. The molecule has 0 unspecified atom stereocenters. The Balaban J connectivity index is 1.98. The first kappa shape index (κ1) is 8.87. The Bertz CT molecular complexity index is 378. The summed E-state index contributed by atoms with van der Waals surface area (Å²) < 4.78 is 5.06. The van der Waals surface area contributed by atoms with Crippen LogP contribution in [0.2, 0.25) is 0 Å². The van der Waals surface area contributed by atoms with Crippen molar-refractivity contribution >= 4 is 5.69 Å². The van der Waals surface area contributed by atoms with Crippen molar-refractivity contribution in [3.8, 4) is 0 Å². The Morgan fingerprint density at radius 1 is 1.57 bits per heavy atom. The predicted octanol–water partition coefficient (Wildman–Crippen LogP) is 2.18. The number of hydrogen-bond acceptors (Lipinski definition) is 3. The van der Waals surface area contributed by atoms with Gasteiger partial charge in [-0.25, -0.2) is 0 Å². The third-order valence-electron chi connectivity index (χ3n) is 2.10. The largest absolute Gasteiger partial charge is 0.375 e. The maximum absolute atomic E-state index is 5.06. The van der Waals surface area contributed by atoms with Crippen LogP contribution in [0.1, 0.15) is 18.4 Å². The lowest BCUT2D eigenvalue weighted by atomic mass is 10.3. The Morgan fingerprint density at radius 2 is 2.50 bits per heavy atom. The first-order valence-electron chi connectivity index (χ1n) is 4.70. The van der Waals surface area contributed by atoms with Crippen LogP contribution in [0.4, 0.5) is 5.69 Å². The van der Waals surface area contributed by atoms with E-state index in [1.807, 2.05) is 25.3 Å². The van der Waals surface area contributed by atoms with Crippen LogP contribution in [-0.2, 0) is 13.0 Å². The topological polar surface area (TPSA) is 53.9 Å². The molecule has 0 aliphatic rings. The SMILES string of the molecule is CCc1oncc1NCc1ccc[nH]1. The van der Waals surface area contributed by atoms with Crippen LogP contribution in [-0.4, -0.2) is 10.1 Å². The zero-order chi connectivity index (χ0) is 9.80. The quantitative estimate of drug-likeness (QED) is 0.778. The van der Waals surface area contributed by atoms with Crippen LogP contribution in [0.25, 0.3) is 0 Å². The fraction of sp³-hybridized carbons (Fsp3) is 0.300. The van der Waals surface area contributed by atoms with Gasteiger partial charge in [-0.2, -0.15) is 0 Å². The second-order valence-electron chi connectivity index (χ2n) is 3.07. The van der Waals surface area contributed by atoms with Gasteiger partial charge >= 0.3 is 0 Å². The van der Waals surface area contributed by atoms with Gasteiger partial charge in [0.25, 0.3) is 0 Å². The molecular weight excluding hydrogens is 178 g/mol. The van der Waals surface area contributed by atoms with Crippen LogP contribution >= 0.6 is 0 Å². The summed E-state index contributed by atoms with van der Waals surface area (Å²) in [4.78, 5) is 3.12. The van der Waals surface area contributed by atoms with Crippen LogP contribution < -0.4 is 5.32 Å². The molecule has 2 aromatic rings. The van der Waals surface area contributed by atoms with Gasteiger partial charge in [0.2, 0.25) is 0 Å². The fourth-order valence-corrected chi connectivity index (χ4v) is 1.33. The van der Waals surface area contributed by atoms with E-state index in [4.69, 9.17) is 4.52 Å². The fourth-order valence-electron chi connectivity index (χ4n) is 1.33. The van der Waals surface area contributed by atoms with Gasteiger partial charge in [-0.05, 0) is 12.1 Å². The number of anilines is 1. The number of H-pyrrole nitrogens is 1. The molecule has 2 N–H and O–H groups in total. The van der Waals surface area contributed by atoms with Gasteiger partial charge in [-0.3, -0.25) is 0 Å². The first-order chi connectivity index (χ1) is 6.90. The molecule has 2 heterocycles. The molecule has 0 aromatic carbocycles. The van der Waals surface area contributed by atoms with Crippen molar-refractivity contribution < 1.29 is 4.52 Å². The first-order valence-corrected chi connectivity index (χ1v) is 4.70. The van der Waals surface area contributed by atoms with E-state index in [0.29, 0.717) is 0 Å². The second-order valence-corrected chi connectivity index (χ2v) is 3.07. The molecule has 0 atom stereocenters.